The summed E-state index contributed by atoms with van der Waals surface area (Å²) in [5, 5.41) is 10.1. The molecular formula is C25H26ClN3O2S. The summed E-state index contributed by atoms with van der Waals surface area (Å²) >= 11 is 1.60. The van der Waals surface area contributed by atoms with Crippen LogP contribution in [0.25, 0.3) is 16.3 Å². The van der Waals surface area contributed by atoms with Gasteiger partial charge in [-0.3, -0.25) is 0 Å². The number of rotatable bonds is 8. The van der Waals surface area contributed by atoms with Gasteiger partial charge in [-0.1, -0.05) is 37.3 Å². The lowest BCUT2D eigenvalue weighted by Crippen LogP contribution is -3.00. The first-order valence-corrected chi connectivity index (χ1v) is 11.2. The average Bonchev–Trinajstić information content (AvgIpc) is 3.24. The van der Waals surface area contributed by atoms with Gasteiger partial charge in [0.25, 0.3) is 5.13 Å². The second kappa shape index (κ2) is 11.0. The van der Waals surface area contributed by atoms with Crippen LogP contribution < -0.4 is 31.9 Å². The lowest BCUT2D eigenvalue weighted by molar-refractivity contribution is -0.642. The molecule has 0 saturated carbocycles. The molecule has 0 radical (unpaired) electrons. The van der Waals surface area contributed by atoms with Crippen molar-refractivity contribution in [3.05, 3.63) is 78.4 Å². The lowest BCUT2D eigenvalue weighted by Gasteiger charge is -2.09. The van der Waals surface area contributed by atoms with Crippen molar-refractivity contribution in [2.75, 3.05) is 19.0 Å². The van der Waals surface area contributed by atoms with Gasteiger partial charge in [-0.05, 0) is 65.3 Å². The summed E-state index contributed by atoms with van der Waals surface area (Å²) in [6, 6.07) is 24.6. The first kappa shape index (κ1) is 23.6. The van der Waals surface area contributed by atoms with Gasteiger partial charge in [-0.25, -0.2) is 0 Å². The van der Waals surface area contributed by atoms with Crippen LogP contribution in [0.5, 0.6) is 11.5 Å². The van der Waals surface area contributed by atoms with Crippen LogP contribution in [-0.4, -0.2) is 18.8 Å². The van der Waals surface area contributed by atoms with Gasteiger partial charge in [-0.2, -0.15) is 0 Å². The molecule has 0 amide bonds. The summed E-state index contributed by atoms with van der Waals surface area (Å²) in [6.45, 7) is 4.69. The van der Waals surface area contributed by atoms with Crippen LogP contribution in [-0.2, 0) is 6.42 Å². The third kappa shape index (κ3) is 5.21. The molecular weight excluding hydrogens is 442 g/mol. The Hall–Kier alpha value is -3.09. The Morgan fingerprint density at radius 3 is 2.34 bits per heavy atom. The molecule has 32 heavy (non-hydrogen) atoms. The highest BCUT2D eigenvalue weighted by Crippen LogP contribution is 2.35. The Kier molecular flexibility index (Phi) is 8.09. The van der Waals surface area contributed by atoms with Crippen molar-refractivity contribution < 1.29 is 26.6 Å². The minimum Gasteiger partial charge on any atom is -1.00 e. The highest BCUT2D eigenvalue weighted by Gasteiger charge is 2.25. The molecule has 0 fully saturated rings. The van der Waals surface area contributed by atoms with E-state index in [1.54, 1.807) is 18.4 Å². The van der Waals surface area contributed by atoms with Gasteiger partial charge in [0.1, 0.15) is 0 Å². The molecule has 0 aliphatic carbocycles. The fourth-order valence-corrected chi connectivity index (χ4v) is 4.24. The normalized spacial score (nSPS) is 10.3. The molecule has 4 rings (SSSR count). The highest BCUT2D eigenvalue weighted by atomic mass is 35.5. The second-order valence-electron chi connectivity index (χ2n) is 6.93. The summed E-state index contributed by atoms with van der Waals surface area (Å²) in [5.74, 6) is 1.44. The van der Waals surface area contributed by atoms with E-state index in [0.717, 1.165) is 45.0 Å². The maximum absolute atomic E-state index is 5.79. The predicted molar refractivity (Wildman–Crippen MR) is 126 cm³/mol. The van der Waals surface area contributed by atoms with Crippen molar-refractivity contribution >= 4 is 22.2 Å². The van der Waals surface area contributed by atoms with Gasteiger partial charge in [0.2, 0.25) is 5.69 Å². The Bertz CT molecular complexity index is 1150. The molecule has 1 aromatic heterocycles. The molecule has 3 aromatic carbocycles. The summed E-state index contributed by atoms with van der Waals surface area (Å²) in [5.41, 5.74) is 4.34. The SMILES string of the molecule is CCOc1cc(-c2sc(Nc3ccc(CC)cc3)n[n+]2-c2ccccc2)ccc1OC.[Cl-]. The van der Waals surface area contributed by atoms with Crippen LogP contribution in [0.3, 0.4) is 0 Å². The van der Waals surface area contributed by atoms with Gasteiger partial charge in [-0.15, -0.1) is 0 Å². The van der Waals surface area contributed by atoms with Crippen LogP contribution in [0, 0.1) is 0 Å². The molecule has 4 aromatic rings. The van der Waals surface area contributed by atoms with Crippen LogP contribution in [0.15, 0.2) is 72.8 Å². The van der Waals surface area contributed by atoms with Gasteiger partial charge in [0.15, 0.2) is 11.5 Å². The number of aromatic nitrogens is 2. The summed E-state index contributed by atoms with van der Waals surface area (Å²) in [6.07, 6.45) is 1.02. The number of methoxy groups -OCH3 is 1. The zero-order valence-electron chi connectivity index (χ0n) is 18.3. The summed E-state index contributed by atoms with van der Waals surface area (Å²) in [7, 11) is 1.65. The Balaban J connectivity index is 0.00000289. The molecule has 0 spiro atoms. The van der Waals surface area contributed by atoms with Crippen molar-refractivity contribution in [3.63, 3.8) is 0 Å². The number of halogens is 1. The Morgan fingerprint density at radius 1 is 0.938 bits per heavy atom. The van der Waals surface area contributed by atoms with E-state index in [1.807, 2.05) is 48.0 Å². The monoisotopic (exact) mass is 467 g/mol. The van der Waals surface area contributed by atoms with Gasteiger partial charge in [0, 0.05) is 22.9 Å². The maximum atomic E-state index is 5.79. The molecule has 1 N–H and O–H groups in total. The van der Waals surface area contributed by atoms with E-state index in [4.69, 9.17) is 14.6 Å². The fraction of sp³-hybridized carbons (Fsp3) is 0.200. The van der Waals surface area contributed by atoms with Gasteiger partial charge < -0.3 is 27.2 Å². The summed E-state index contributed by atoms with van der Waals surface area (Å²) < 4.78 is 13.2. The van der Waals surface area contributed by atoms with Gasteiger partial charge >= 0.3 is 5.01 Å². The number of hydrogen-bond donors (Lipinski definition) is 1. The smallest absolute Gasteiger partial charge is 0.305 e. The van der Waals surface area contributed by atoms with E-state index in [0.29, 0.717) is 6.61 Å². The first-order chi connectivity index (χ1) is 15.2. The first-order valence-electron chi connectivity index (χ1n) is 10.4. The third-order valence-electron chi connectivity index (χ3n) is 4.90. The molecule has 7 heteroatoms. The zero-order chi connectivity index (χ0) is 21.6. The Morgan fingerprint density at radius 2 is 1.69 bits per heavy atom. The highest BCUT2D eigenvalue weighted by molar-refractivity contribution is 7.18. The number of aryl methyl sites for hydroxylation is 1. The average molecular weight is 468 g/mol. The van der Waals surface area contributed by atoms with Crippen molar-refractivity contribution in [1.29, 1.82) is 0 Å². The van der Waals surface area contributed by atoms with Crippen molar-refractivity contribution in [1.82, 2.24) is 5.10 Å². The zero-order valence-corrected chi connectivity index (χ0v) is 19.9. The van der Waals surface area contributed by atoms with Crippen molar-refractivity contribution in [2.24, 2.45) is 0 Å². The predicted octanol–water partition coefficient (Wildman–Crippen LogP) is 2.80. The fourth-order valence-electron chi connectivity index (χ4n) is 3.29. The molecule has 0 saturated heterocycles. The molecule has 1 heterocycles. The number of nitrogens with one attached hydrogen (secondary N) is 1. The molecule has 166 valence electrons. The maximum Gasteiger partial charge on any atom is 0.305 e. The largest absolute Gasteiger partial charge is 1.00 e. The molecule has 0 unspecified atom stereocenters. The topological polar surface area (TPSA) is 47.3 Å². The minimum atomic E-state index is 0. The van der Waals surface area contributed by atoms with Crippen molar-refractivity contribution in [3.8, 4) is 27.8 Å². The number of hydrogen-bond acceptors (Lipinski definition) is 5. The number of anilines is 2. The van der Waals surface area contributed by atoms with Gasteiger partial charge in [0.05, 0.1) is 19.3 Å². The van der Waals surface area contributed by atoms with Crippen LogP contribution in [0.4, 0.5) is 10.8 Å². The van der Waals surface area contributed by atoms with E-state index in [2.05, 4.69) is 48.6 Å². The van der Waals surface area contributed by atoms with E-state index in [1.165, 1.54) is 5.56 Å². The molecule has 0 aliphatic rings. The molecule has 0 bridgehead atoms. The van der Waals surface area contributed by atoms with E-state index in [9.17, 15) is 0 Å². The Labute approximate surface area is 199 Å². The number of nitrogens with zero attached hydrogens (tertiary/aromatic N) is 2. The standard InChI is InChI=1S/C25H26N3O2S.ClH/c1-4-18-11-14-20(15-12-18)26-25-27-28(21-9-7-6-8-10-21)24(31-25)19-13-16-22(29-3)23(17-19)30-5-2;/h6-17H,4-5H2,1-3H3,(H,26,27);1H/q+1;/p-1. The number of ether oxygens (including phenoxy) is 2. The number of benzene rings is 3. The van der Waals surface area contributed by atoms with E-state index in [-0.39, 0.29) is 12.4 Å². The van der Waals surface area contributed by atoms with Crippen LogP contribution in [0.1, 0.15) is 19.4 Å². The summed E-state index contributed by atoms with van der Waals surface area (Å²) in [4.78, 5) is 0. The lowest BCUT2D eigenvalue weighted by atomic mass is 10.1. The van der Waals surface area contributed by atoms with E-state index < -0.39 is 0 Å². The van der Waals surface area contributed by atoms with Crippen LogP contribution in [0.2, 0.25) is 0 Å². The quantitative estimate of drug-likeness (QED) is 0.405. The third-order valence-corrected chi connectivity index (χ3v) is 5.88. The van der Waals surface area contributed by atoms with Crippen LogP contribution >= 0.6 is 11.3 Å². The minimum absolute atomic E-state index is 0. The number of para-hydroxylation sites is 1. The molecule has 0 atom stereocenters. The van der Waals surface area contributed by atoms with E-state index >= 15 is 0 Å². The molecule has 0 aliphatic heterocycles. The molecule has 5 nitrogen and oxygen atoms in total. The van der Waals surface area contributed by atoms with Crippen molar-refractivity contribution in [2.45, 2.75) is 20.3 Å². The second-order valence-corrected chi connectivity index (χ2v) is 7.91.